The smallest absolute Gasteiger partial charge is 0.0725 e. The summed E-state index contributed by atoms with van der Waals surface area (Å²) in [4.78, 5) is 0. The quantitative estimate of drug-likeness (QED) is 0.695. The minimum absolute atomic E-state index is 0.189. The number of rotatable bonds is 4. The van der Waals surface area contributed by atoms with Crippen molar-refractivity contribution in [3.8, 4) is 0 Å². The van der Waals surface area contributed by atoms with E-state index in [1.54, 1.807) is 0 Å². The Bertz CT molecular complexity index is 312. The molecule has 1 aliphatic heterocycles. The van der Waals surface area contributed by atoms with Gasteiger partial charge in [-0.15, -0.1) is 0 Å². The lowest BCUT2D eigenvalue weighted by Gasteiger charge is -2.04. The van der Waals surface area contributed by atoms with Gasteiger partial charge >= 0.3 is 0 Å². The van der Waals surface area contributed by atoms with E-state index in [0.717, 1.165) is 19.8 Å². The Morgan fingerprint density at radius 2 is 2.14 bits per heavy atom. The number of aliphatic hydroxyl groups excluding tert-OH is 1. The summed E-state index contributed by atoms with van der Waals surface area (Å²) in [5.74, 6) is 0. The normalized spacial score (nSPS) is 14.4. The largest absolute Gasteiger partial charge is 0.395 e. The lowest BCUT2D eigenvalue weighted by molar-refractivity contribution is 0.134. The van der Waals surface area contributed by atoms with Crippen LogP contribution in [0.1, 0.15) is 16.7 Å². The molecular weight excluding hydrogens is 178 g/mol. The summed E-state index contributed by atoms with van der Waals surface area (Å²) in [6, 6.07) is 6.41. The van der Waals surface area contributed by atoms with E-state index >= 15 is 0 Å². The van der Waals surface area contributed by atoms with Crippen LogP contribution in [0.5, 0.6) is 0 Å². The zero-order valence-electron chi connectivity index (χ0n) is 8.12. The molecule has 3 nitrogen and oxygen atoms in total. The van der Waals surface area contributed by atoms with Gasteiger partial charge in [0.25, 0.3) is 0 Å². The summed E-state index contributed by atoms with van der Waals surface area (Å²) in [5.41, 5.74) is 3.85. The first kappa shape index (κ1) is 9.65. The molecule has 0 radical (unpaired) electrons. The number of fused-ring (bicyclic) bond motifs is 1. The van der Waals surface area contributed by atoms with Gasteiger partial charge in [0, 0.05) is 13.1 Å². The van der Waals surface area contributed by atoms with Crippen molar-refractivity contribution >= 4 is 0 Å². The van der Waals surface area contributed by atoms with Gasteiger partial charge in [-0.3, -0.25) is 0 Å². The van der Waals surface area contributed by atoms with Gasteiger partial charge in [-0.1, -0.05) is 18.2 Å². The summed E-state index contributed by atoms with van der Waals surface area (Å²) in [6.45, 7) is 3.14. The fourth-order valence-corrected chi connectivity index (χ4v) is 1.65. The van der Waals surface area contributed by atoms with Crippen LogP contribution in [-0.2, 0) is 24.5 Å². The number of hydrogen-bond acceptors (Lipinski definition) is 3. The molecular formula is C11H15NO2. The SMILES string of the molecule is OCCNCc1ccc2c(c1)COC2. The van der Waals surface area contributed by atoms with E-state index in [1.807, 2.05) is 0 Å². The van der Waals surface area contributed by atoms with Crippen molar-refractivity contribution in [3.63, 3.8) is 0 Å². The van der Waals surface area contributed by atoms with E-state index in [2.05, 4.69) is 23.5 Å². The van der Waals surface area contributed by atoms with Crippen LogP contribution in [0.2, 0.25) is 0 Å². The van der Waals surface area contributed by atoms with Gasteiger partial charge in [0.15, 0.2) is 0 Å². The maximum Gasteiger partial charge on any atom is 0.0725 e. The second kappa shape index (κ2) is 4.55. The molecule has 0 aliphatic carbocycles. The van der Waals surface area contributed by atoms with Crippen molar-refractivity contribution in [2.24, 2.45) is 0 Å². The Morgan fingerprint density at radius 1 is 1.29 bits per heavy atom. The highest BCUT2D eigenvalue weighted by Crippen LogP contribution is 2.20. The van der Waals surface area contributed by atoms with Gasteiger partial charge in [0.2, 0.25) is 0 Å². The van der Waals surface area contributed by atoms with Crippen molar-refractivity contribution in [3.05, 3.63) is 34.9 Å². The number of benzene rings is 1. The van der Waals surface area contributed by atoms with E-state index < -0.39 is 0 Å². The fraction of sp³-hybridized carbons (Fsp3) is 0.455. The molecule has 2 N–H and O–H groups in total. The molecule has 76 valence electrons. The summed E-state index contributed by atoms with van der Waals surface area (Å²) in [6.07, 6.45) is 0. The van der Waals surface area contributed by atoms with Crippen molar-refractivity contribution in [2.45, 2.75) is 19.8 Å². The predicted octanol–water partition coefficient (Wildman–Crippen LogP) is 0.799. The van der Waals surface area contributed by atoms with Gasteiger partial charge in [0.05, 0.1) is 19.8 Å². The average molecular weight is 193 g/mol. The van der Waals surface area contributed by atoms with Crippen LogP contribution in [0.3, 0.4) is 0 Å². The molecule has 14 heavy (non-hydrogen) atoms. The lowest BCUT2D eigenvalue weighted by Crippen LogP contribution is -2.17. The zero-order chi connectivity index (χ0) is 9.80. The maximum absolute atomic E-state index is 8.62. The van der Waals surface area contributed by atoms with Crippen molar-refractivity contribution in [2.75, 3.05) is 13.2 Å². The first-order valence-electron chi connectivity index (χ1n) is 4.90. The highest BCUT2D eigenvalue weighted by atomic mass is 16.5. The molecule has 0 spiro atoms. The highest BCUT2D eigenvalue weighted by Gasteiger charge is 2.10. The van der Waals surface area contributed by atoms with Gasteiger partial charge in [0.1, 0.15) is 0 Å². The molecule has 0 atom stereocenters. The van der Waals surface area contributed by atoms with Crippen LogP contribution in [-0.4, -0.2) is 18.3 Å². The van der Waals surface area contributed by atoms with E-state index in [1.165, 1.54) is 16.7 Å². The number of aliphatic hydroxyl groups is 1. The standard InChI is InChI=1S/C11H15NO2/c13-4-3-12-6-9-1-2-10-7-14-8-11(10)5-9/h1-2,5,12-13H,3-4,6-8H2. The Balaban J connectivity index is 1.98. The molecule has 0 saturated heterocycles. The first-order chi connectivity index (χ1) is 6.90. The average Bonchev–Trinajstić information content (AvgIpc) is 2.65. The van der Waals surface area contributed by atoms with Crippen LogP contribution in [0, 0.1) is 0 Å². The molecule has 1 heterocycles. The first-order valence-corrected chi connectivity index (χ1v) is 4.90. The van der Waals surface area contributed by atoms with E-state index in [-0.39, 0.29) is 6.61 Å². The minimum Gasteiger partial charge on any atom is -0.395 e. The van der Waals surface area contributed by atoms with Crippen molar-refractivity contribution in [1.82, 2.24) is 5.32 Å². The van der Waals surface area contributed by atoms with Gasteiger partial charge in [-0.25, -0.2) is 0 Å². The second-order valence-corrected chi connectivity index (χ2v) is 3.50. The monoisotopic (exact) mass is 193 g/mol. The lowest BCUT2D eigenvalue weighted by atomic mass is 10.1. The van der Waals surface area contributed by atoms with Crippen molar-refractivity contribution in [1.29, 1.82) is 0 Å². The molecule has 1 aliphatic rings. The Hall–Kier alpha value is -0.900. The summed E-state index contributed by atoms with van der Waals surface area (Å²) in [5, 5.41) is 11.8. The highest BCUT2D eigenvalue weighted by molar-refractivity contribution is 5.33. The van der Waals surface area contributed by atoms with Crippen LogP contribution >= 0.6 is 0 Å². The molecule has 0 fully saturated rings. The number of hydrogen-bond donors (Lipinski definition) is 2. The van der Waals surface area contributed by atoms with Gasteiger partial charge in [-0.05, 0) is 16.7 Å². The van der Waals surface area contributed by atoms with Crippen LogP contribution < -0.4 is 5.32 Å². The summed E-state index contributed by atoms with van der Waals surface area (Å²) >= 11 is 0. The summed E-state index contributed by atoms with van der Waals surface area (Å²) in [7, 11) is 0. The number of ether oxygens (including phenoxy) is 1. The van der Waals surface area contributed by atoms with E-state index in [4.69, 9.17) is 9.84 Å². The van der Waals surface area contributed by atoms with Crippen molar-refractivity contribution < 1.29 is 9.84 Å². The molecule has 0 saturated carbocycles. The Morgan fingerprint density at radius 3 is 3.00 bits per heavy atom. The Labute approximate surface area is 83.7 Å². The number of nitrogens with one attached hydrogen (secondary N) is 1. The molecule has 1 aromatic carbocycles. The third kappa shape index (κ3) is 2.12. The predicted molar refractivity (Wildman–Crippen MR) is 53.7 cm³/mol. The van der Waals surface area contributed by atoms with E-state index in [9.17, 15) is 0 Å². The maximum atomic E-state index is 8.62. The molecule has 1 aromatic rings. The van der Waals surface area contributed by atoms with E-state index in [0.29, 0.717) is 6.54 Å². The topological polar surface area (TPSA) is 41.5 Å². The third-order valence-corrected chi connectivity index (χ3v) is 2.40. The van der Waals surface area contributed by atoms with Gasteiger partial charge in [-0.2, -0.15) is 0 Å². The third-order valence-electron chi connectivity index (χ3n) is 2.40. The molecule has 3 heteroatoms. The molecule has 0 amide bonds. The molecule has 0 aromatic heterocycles. The molecule has 0 bridgehead atoms. The second-order valence-electron chi connectivity index (χ2n) is 3.50. The van der Waals surface area contributed by atoms with Crippen LogP contribution in [0.25, 0.3) is 0 Å². The fourth-order valence-electron chi connectivity index (χ4n) is 1.65. The van der Waals surface area contributed by atoms with Gasteiger partial charge < -0.3 is 15.2 Å². The van der Waals surface area contributed by atoms with Crippen LogP contribution in [0.15, 0.2) is 18.2 Å². The zero-order valence-corrected chi connectivity index (χ0v) is 8.12. The molecule has 0 unspecified atom stereocenters. The minimum atomic E-state index is 0.189. The van der Waals surface area contributed by atoms with Crippen LogP contribution in [0.4, 0.5) is 0 Å². The molecule has 2 rings (SSSR count). The summed E-state index contributed by atoms with van der Waals surface area (Å²) < 4.78 is 5.34. The Kier molecular flexibility index (Phi) is 3.14.